The summed E-state index contributed by atoms with van der Waals surface area (Å²) in [5.74, 6) is -2.38. The number of nitrogens with one attached hydrogen (secondary N) is 1. The van der Waals surface area contributed by atoms with Gasteiger partial charge in [-0.2, -0.15) is 0 Å². The maximum absolute atomic E-state index is 12.2. The lowest BCUT2D eigenvalue weighted by Crippen LogP contribution is -2.35. The topological polar surface area (TPSA) is 42.0 Å². The SMILES string of the molecule is Cc1ccc(C=O)cn1.FC1(F)CCNCC1. The highest BCUT2D eigenvalue weighted by Gasteiger charge is 2.30. The largest absolute Gasteiger partial charge is 0.316 e. The van der Waals surface area contributed by atoms with Crippen LogP contribution in [0.1, 0.15) is 28.9 Å². The second kappa shape index (κ2) is 6.39. The fraction of sp³-hybridized carbons (Fsp3) is 0.500. The average Bonchev–Trinajstić information content (AvgIpc) is 2.30. The number of hydrogen-bond acceptors (Lipinski definition) is 3. The molecule has 17 heavy (non-hydrogen) atoms. The highest BCUT2D eigenvalue weighted by Crippen LogP contribution is 2.23. The minimum atomic E-state index is -2.38. The zero-order chi connectivity index (χ0) is 12.7. The number of pyridine rings is 1. The Morgan fingerprint density at radius 2 is 2.00 bits per heavy atom. The Hall–Kier alpha value is -1.36. The van der Waals surface area contributed by atoms with E-state index in [-0.39, 0.29) is 12.8 Å². The summed E-state index contributed by atoms with van der Waals surface area (Å²) in [6.07, 6.45) is 2.36. The summed E-state index contributed by atoms with van der Waals surface area (Å²) in [7, 11) is 0. The van der Waals surface area contributed by atoms with Gasteiger partial charge in [0, 0.05) is 43.4 Å². The Kier molecular flexibility index (Phi) is 5.15. The van der Waals surface area contributed by atoms with Crippen molar-refractivity contribution in [3.63, 3.8) is 0 Å². The Balaban J connectivity index is 0.000000171. The minimum absolute atomic E-state index is 0.00694. The fourth-order valence-corrected chi connectivity index (χ4v) is 1.34. The van der Waals surface area contributed by atoms with E-state index in [1.807, 2.05) is 13.0 Å². The van der Waals surface area contributed by atoms with E-state index in [0.29, 0.717) is 18.7 Å². The zero-order valence-electron chi connectivity index (χ0n) is 9.75. The van der Waals surface area contributed by atoms with Crippen molar-refractivity contribution in [1.82, 2.24) is 10.3 Å². The third kappa shape index (κ3) is 5.49. The Labute approximate surface area is 99.2 Å². The smallest absolute Gasteiger partial charge is 0.250 e. The number of nitrogens with zero attached hydrogens (tertiary/aromatic N) is 1. The van der Waals surface area contributed by atoms with E-state index in [1.165, 1.54) is 0 Å². The lowest BCUT2D eigenvalue weighted by Gasteiger charge is -2.21. The van der Waals surface area contributed by atoms with Gasteiger partial charge in [0.1, 0.15) is 0 Å². The number of halogens is 2. The number of aldehydes is 1. The standard InChI is InChI=1S/C7H7NO.C5H9F2N/c1-6-2-3-7(5-9)4-8-6;6-5(7)1-3-8-4-2-5/h2-5H,1H3;8H,1-4H2. The van der Waals surface area contributed by atoms with Crippen molar-refractivity contribution in [3.05, 3.63) is 29.6 Å². The number of rotatable bonds is 1. The average molecular weight is 242 g/mol. The van der Waals surface area contributed by atoms with Gasteiger partial charge in [0.15, 0.2) is 6.29 Å². The summed E-state index contributed by atoms with van der Waals surface area (Å²) >= 11 is 0. The lowest BCUT2D eigenvalue weighted by atomic mass is 10.1. The van der Waals surface area contributed by atoms with Crippen molar-refractivity contribution < 1.29 is 13.6 Å². The number of aryl methyl sites for hydroxylation is 1. The zero-order valence-corrected chi connectivity index (χ0v) is 9.75. The van der Waals surface area contributed by atoms with E-state index < -0.39 is 5.92 Å². The fourth-order valence-electron chi connectivity index (χ4n) is 1.34. The van der Waals surface area contributed by atoms with Crippen LogP contribution in [0.5, 0.6) is 0 Å². The molecule has 0 aromatic carbocycles. The van der Waals surface area contributed by atoms with Crippen molar-refractivity contribution >= 4 is 6.29 Å². The van der Waals surface area contributed by atoms with Gasteiger partial charge in [0.2, 0.25) is 0 Å². The first kappa shape index (κ1) is 13.7. The molecule has 1 fully saturated rings. The number of hydrogen-bond donors (Lipinski definition) is 1. The normalized spacial score (nSPS) is 17.8. The summed E-state index contributed by atoms with van der Waals surface area (Å²) in [5, 5.41) is 2.86. The van der Waals surface area contributed by atoms with Gasteiger partial charge in [-0.3, -0.25) is 9.78 Å². The first-order valence-corrected chi connectivity index (χ1v) is 5.50. The van der Waals surface area contributed by atoms with Crippen LogP contribution < -0.4 is 5.32 Å². The molecular formula is C12H16F2N2O. The van der Waals surface area contributed by atoms with Crippen LogP contribution in [0.4, 0.5) is 8.78 Å². The third-order valence-corrected chi connectivity index (χ3v) is 2.41. The van der Waals surface area contributed by atoms with E-state index in [2.05, 4.69) is 10.3 Å². The second-order valence-corrected chi connectivity index (χ2v) is 3.96. The molecule has 0 unspecified atom stereocenters. The minimum Gasteiger partial charge on any atom is -0.316 e. The van der Waals surface area contributed by atoms with E-state index in [4.69, 9.17) is 0 Å². The molecule has 2 heterocycles. The van der Waals surface area contributed by atoms with Crippen LogP contribution in [0.25, 0.3) is 0 Å². The summed E-state index contributed by atoms with van der Waals surface area (Å²) in [6, 6.07) is 3.55. The number of alkyl halides is 2. The van der Waals surface area contributed by atoms with Gasteiger partial charge < -0.3 is 5.32 Å². The molecule has 2 rings (SSSR count). The predicted octanol–water partition coefficient (Wildman–Crippen LogP) is 2.21. The van der Waals surface area contributed by atoms with Gasteiger partial charge in [-0.1, -0.05) is 0 Å². The molecule has 0 spiro atoms. The molecule has 94 valence electrons. The number of carbonyl (C=O) groups excluding carboxylic acids is 1. The van der Waals surface area contributed by atoms with Gasteiger partial charge in [0.05, 0.1) is 0 Å². The van der Waals surface area contributed by atoms with Crippen molar-refractivity contribution in [2.24, 2.45) is 0 Å². The highest BCUT2D eigenvalue weighted by atomic mass is 19.3. The molecule has 1 aliphatic heterocycles. The van der Waals surface area contributed by atoms with Crippen molar-refractivity contribution in [2.75, 3.05) is 13.1 Å². The van der Waals surface area contributed by atoms with Gasteiger partial charge in [-0.15, -0.1) is 0 Å². The molecular weight excluding hydrogens is 226 g/mol. The van der Waals surface area contributed by atoms with Gasteiger partial charge in [-0.25, -0.2) is 8.78 Å². The Morgan fingerprint density at radius 3 is 2.35 bits per heavy atom. The van der Waals surface area contributed by atoms with Gasteiger partial charge >= 0.3 is 0 Å². The van der Waals surface area contributed by atoms with E-state index in [9.17, 15) is 13.6 Å². The number of carbonyl (C=O) groups is 1. The quantitative estimate of drug-likeness (QED) is 0.768. The summed E-state index contributed by atoms with van der Waals surface area (Å²) in [5.41, 5.74) is 1.56. The highest BCUT2D eigenvalue weighted by molar-refractivity contribution is 5.73. The van der Waals surface area contributed by atoms with Crippen molar-refractivity contribution in [2.45, 2.75) is 25.7 Å². The van der Waals surface area contributed by atoms with Gasteiger partial charge in [-0.05, 0) is 19.1 Å². The number of aromatic nitrogens is 1. The summed E-state index contributed by atoms with van der Waals surface area (Å²) in [6.45, 7) is 2.81. The molecule has 0 amide bonds. The molecule has 1 aliphatic rings. The monoisotopic (exact) mass is 242 g/mol. The van der Waals surface area contributed by atoms with Crippen LogP contribution in [0.2, 0.25) is 0 Å². The van der Waals surface area contributed by atoms with E-state index in [0.717, 1.165) is 12.0 Å². The molecule has 0 radical (unpaired) electrons. The van der Waals surface area contributed by atoms with Gasteiger partial charge in [0.25, 0.3) is 5.92 Å². The maximum Gasteiger partial charge on any atom is 0.250 e. The lowest BCUT2D eigenvalue weighted by molar-refractivity contribution is -0.0274. The Morgan fingerprint density at radius 1 is 1.35 bits per heavy atom. The molecule has 1 aromatic heterocycles. The number of piperidine rings is 1. The molecule has 0 saturated carbocycles. The van der Waals surface area contributed by atoms with Crippen LogP contribution in [0, 0.1) is 6.92 Å². The molecule has 1 saturated heterocycles. The molecule has 0 aliphatic carbocycles. The van der Waals surface area contributed by atoms with E-state index in [1.54, 1.807) is 12.3 Å². The van der Waals surface area contributed by atoms with Crippen LogP contribution in [-0.2, 0) is 0 Å². The van der Waals surface area contributed by atoms with Crippen LogP contribution >= 0.6 is 0 Å². The second-order valence-electron chi connectivity index (χ2n) is 3.96. The first-order valence-electron chi connectivity index (χ1n) is 5.50. The van der Waals surface area contributed by atoms with Crippen molar-refractivity contribution in [1.29, 1.82) is 0 Å². The first-order chi connectivity index (χ1) is 8.03. The summed E-state index contributed by atoms with van der Waals surface area (Å²) in [4.78, 5) is 14.0. The van der Waals surface area contributed by atoms with Crippen LogP contribution in [0.3, 0.4) is 0 Å². The molecule has 3 nitrogen and oxygen atoms in total. The van der Waals surface area contributed by atoms with Crippen LogP contribution in [-0.4, -0.2) is 30.3 Å². The third-order valence-electron chi connectivity index (χ3n) is 2.41. The van der Waals surface area contributed by atoms with Crippen LogP contribution in [0.15, 0.2) is 18.3 Å². The molecule has 1 N–H and O–H groups in total. The molecule has 1 aromatic rings. The van der Waals surface area contributed by atoms with Crippen molar-refractivity contribution in [3.8, 4) is 0 Å². The predicted molar refractivity (Wildman–Crippen MR) is 61.4 cm³/mol. The Bertz CT molecular complexity index is 344. The molecule has 0 bridgehead atoms. The summed E-state index contributed by atoms with van der Waals surface area (Å²) < 4.78 is 24.3. The maximum atomic E-state index is 12.2. The molecule has 5 heteroatoms. The van der Waals surface area contributed by atoms with E-state index >= 15 is 0 Å². The molecule has 0 atom stereocenters.